The SMILES string of the molecule is Cc1onc(-c2ccccc2)c1CN(O)C(=O)Cc1ccc(-c2noc(-c3onc(-c4ccccc4)c3C(F)(F)F)n2)cc1. The van der Waals surface area contributed by atoms with Crippen LogP contribution in [-0.2, 0) is 23.9 Å². The molecule has 44 heavy (non-hydrogen) atoms. The fourth-order valence-corrected chi connectivity index (χ4v) is 4.60. The maximum Gasteiger partial charge on any atom is 0.422 e. The van der Waals surface area contributed by atoms with Gasteiger partial charge in [0.05, 0.1) is 13.0 Å². The number of hydrogen-bond donors (Lipinski definition) is 1. The number of nitrogens with zero attached hydrogens (tertiary/aromatic N) is 5. The number of carbonyl (C=O) groups excluding carboxylic acids is 1. The van der Waals surface area contributed by atoms with Gasteiger partial charge in [-0.15, -0.1) is 0 Å². The van der Waals surface area contributed by atoms with Gasteiger partial charge >= 0.3 is 6.18 Å². The minimum Gasteiger partial charge on any atom is -0.361 e. The second-order valence-corrected chi connectivity index (χ2v) is 9.78. The Bertz CT molecular complexity index is 1900. The molecule has 0 unspecified atom stereocenters. The molecule has 0 bridgehead atoms. The second-order valence-electron chi connectivity index (χ2n) is 9.78. The van der Waals surface area contributed by atoms with E-state index in [4.69, 9.17) is 13.6 Å². The predicted octanol–water partition coefficient (Wildman–Crippen LogP) is 7.00. The molecule has 0 aliphatic heterocycles. The Morgan fingerprint density at radius 2 is 1.41 bits per heavy atom. The average Bonchev–Trinajstić information content (AvgIpc) is 3.77. The molecule has 1 N–H and O–H groups in total. The Morgan fingerprint density at radius 3 is 2.05 bits per heavy atom. The smallest absolute Gasteiger partial charge is 0.361 e. The van der Waals surface area contributed by atoms with Crippen LogP contribution in [0.15, 0.2) is 98.5 Å². The van der Waals surface area contributed by atoms with E-state index >= 15 is 0 Å². The summed E-state index contributed by atoms with van der Waals surface area (Å²) in [7, 11) is 0. The minimum atomic E-state index is -4.81. The van der Waals surface area contributed by atoms with Gasteiger partial charge in [-0.2, -0.15) is 18.2 Å². The van der Waals surface area contributed by atoms with Crippen LogP contribution in [0.25, 0.3) is 45.6 Å². The number of rotatable bonds is 8. The van der Waals surface area contributed by atoms with E-state index in [2.05, 4.69) is 20.5 Å². The van der Waals surface area contributed by atoms with Gasteiger partial charge < -0.3 is 13.6 Å². The molecule has 0 atom stereocenters. The van der Waals surface area contributed by atoms with Crippen molar-refractivity contribution in [3.8, 4) is 45.6 Å². The Balaban J connectivity index is 1.16. The highest BCUT2D eigenvalue weighted by molar-refractivity contribution is 5.78. The second kappa shape index (κ2) is 11.6. The van der Waals surface area contributed by atoms with Gasteiger partial charge in [0.25, 0.3) is 11.8 Å². The summed E-state index contributed by atoms with van der Waals surface area (Å²) in [6.45, 7) is 1.57. The van der Waals surface area contributed by atoms with E-state index in [1.165, 1.54) is 12.1 Å². The van der Waals surface area contributed by atoms with Gasteiger partial charge in [0.15, 0.2) is 0 Å². The molecule has 0 spiro atoms. The summed E-state index contributed by atoms with van der Waals surface area (Å²) >= 11 is 0. The number of halogens is 3. The van der Waals surface area contributed by atoms with E-state index in [1.807, 2.05) is 30.3 Å². The molecular weight excluding hydrogens is 579 g/mol. The van der Waals surface area contributed by atoms with Crippen LogP contribution in [0, 0.1) is 6.92 Å². The van der Waals surface area contributed by atoms with Crippen molar-refractivity contribution in [2.24, 2.45) is 0 Å². The first-order chi connectivity index (χ1) is 21.2. The van der Waals surface area contributed by atoms with Gasteiger partial charge in [-0.1, -0.05) is 100 Å². The van der Waals surface area contributed by atoms with Gasteiger partial charge in [-0.25, -0.2) is 5.06 Å². The molecule has 0 fully saturated rings. The summed E-state index contributed by atoms with van der Waals surface area (Å²) in [4.78, 5) is 16.9. The van der Waals surface area contributed by atoms with E-state index in [1.54, 1.807) is 49.4 Å². The van der Waals surface area contributed by atoms with Crippen molar-refractivity contribution < 1.29 is 36.7 Å². The Morgan fingerprint density at radius 1 is 0.795 bits per heavy atom. The molecule has 3 aromatic heterocycles. The number of amides is 1. The van der Waals surface area contributed by atoms with Crippen molar-refractivity contribution in [1.29, 1.82) is 0 Å². The van der Waals surface area contributed by atoms with Crippen LogP contribution < -0.4 is 0 Å². The van der Waals surface area contributed by atoms with Gasteiger partial charge in [-0.3, -0.25) is 10.0 Å². The van der Waals surface area contributed by atoms with Crippen molar-refractivity contribution in [2.75, 3.05) is 0 Å². The molecule has 3 aromatic carbocycles. The van der Waals surface area contributed by atoms with Crippen LogP contribution in [-0.4, -0.2) is 36.6 Å². The molecule has 0 aliphatic carbocycles. The third-order valence-corrected chi connectivity index (χ3v) is 6.84. The van der Waals surface area contributed by atoms with E-state index in [9.17, 15) is 23.2 Å². The third-order valence-electron chi connectivity index (χ3n) is 6.84. The Kier molecular flexibility index (Phi) is 7.53. The number of aromatic nitrogens is 4. The summed E-state index contributed by atoms with van der Waals surface area (Å²) in [5, 5.41) is 22.6. The number of aryl methyl sites for hydroxylation is 1. The fourth-order valence-electron chi connectivity index (χ4n) is 4.60. The molecule has 0 saturated carbocycles. The zero-order valence-electron chi connectivity index (χ0n) is 22.9. The first-order valence-corrected chi connectivity index (χ1v) is 13.2. The molecule has 13 heteroatoms. The molecule has 10 nitrogen and oxygen atoms in total. The molecule has 3 heterocycles. The first kappa shape index (κ1) is 28.6. The molecule has 0 saturated heterocycles. The van der Waals surface area contributed by atoms with Crippen LogP contribution in [0.1, 0.15) is 22.5 Å². The number of hydroxylamine groups is 2. The van der Waals surface area contributed by atoms with Crippen LogP contribution in [0.4, 0.5) is 13.2 Å². The molecule has 0 aliphatic rings. The highest BCUT2D eigenvalue weighted by Gasteiger charge is 2.43. The van der Waals surface area contributed by atoms with Crippen LogP contribution >= 0.6 is 0 Å². The van der Waals surface area contributed by atoms with Gasteiger partial charge in [0.2, 0.25) is 11.6 Å². The highest BCUT2D eigenvalue weighted by atomic mass is 19.4. The van der Waals surface area contributed by atoms with E-state index < -0.39 is 35.0 Å². The summed E-state index contributed by atoms with van der Waals surface area (Å²) in [5.41, 5.74) is 1.57. The molecule has 222 valence electrons. The number of hydrogen-bond acceptors (Lipinski definition) is 9. The van der Waals surface area contributed by atoms with Crippen molar-refractivity contribution >= 4 is 5.91 Å². The van der Waals surface area contributed by atoms with Gasteiger partial charge in [0, 0.05) is 22.3 Å². The van der Waals surface area contributed by atoms with Crippen molar-refractivity contribution in [3.05, 3.63) is 107 Å². The minimum absolute atomic E-state index is 0.00354. The average molecular weight is 602 g/mol. The molecule has 6 aromatic rings. The highest BCUT2D eigenvalue weighted by Crippen LogP contribution is 2.43. The lowest BCUT2D eigenvalue weighted by molar-refractivity contribution is -0.167. The zero-order chi connectivity index (χ0) is 30.8. The van der Waals surface area contributed by atoms with Crippen LogP contribution in [0.5, 0.6) is 0 Å². The summed E-state index contributed by atoms with van der Waals surface area (Å²) in [6.07, 6.45) is -4.94. The zero-order valence-corrected chi connectivity index (χ0v) is 22.9. The Hall–Kier alpha value is -5.56. The van der Waals surface area contributed by atoms with E-state index in [-0.39, 0.29) is 24.4 Å². The predicted molar refractivity (Wildman–Crippen MR) is 148 cm³/mol. The fraction of sp³-hybridized carbons (Fsp3) is 0.129. The number of benzene rings is 3. The summed E-state index contributed by atoms with van der Waals surface area (Å²) in [6, 6.07) is 23.4. The number of carbonyl (C=O) groups is 1. The summed E-state index contributed by atoms with van der Waals surface area (Å²) in [5.74, 6) is -1.28. The maximum absolute atomic E-state index is 14.0. The topological polar surface area (TPSA) is 132 Å². The maximum atomic E-state index is 14.0. The van der Waals surface area contributed by atoms with Crippen molar-refractivity contribution in [2.45, 2.75) is 26.1 Å². The lowest BCUT2D eigenvalue weighted by atomic mass is 10.1. The Labute approximate surface area is 247 Å². The quantitative estimate of drug-likeness (QED) is 0.145. The van der Waals surface area contributed by atoms with Gasteiger partial charge in [0.1, 0.15) is 22.7 Å². The molecule has 1 amide bonds. The van der Waals surface area contributed by atoms with Crippen molar-refractivity contribution in [1.82, 2.24) is 25.5 Å². The normalized spacial score (nSPS) is 11.6. The molecular formula is C31H22F3N5O5. The molecule has 0 radical (unpaired) electrons. The van der Waals surface area contributed by atoms with Crippen LogP contribution in [0.3, 0.4) is 0 Å². The first-order valence-electron chi connectivity index (χ1n) is 13.2. The standard InChI is InChI=1S/C31H22F3N5O5/c1-18-23(26(36-42-18)20-8-4-2-5-9-20)17-39(41)24(40)16-19-12-14-22(15-13-19)29-35-30(44-38-29)28-25(31(32,33)34)27(37-43-28)21-10-6-3-7-11-21/h2-15,41H,16-17H2,1H3. The third kappa shape index (κ3) is 5.72. The summed E-state index contributed by atoms with van der Waals surface area (Å²) < 4.78 is 57.5. The van der Waals surface area contributed by atoms with Crippen LogP contribution in [0.2, 0.25) is 0 Å². The number of alkyl halides is 3. The largest absolute Gasteiger partial charge is 0.422 e. The van der Waals surface area contributed by atoms with E-state index in [0.29, 0.717) is 33.2 Å². The lowest BCUT2D eigenvalue weighted by Crippen LogP contribution is -2.28. The van der Waals surface area contributed by atoms with E-state index in [0.717, 1.165) is 5.56 Å². The monoisotopic (exact) mass is 601 g/mol. The van der Waals surface area contributed by atoms with Gasteiger partial charge in [-0.05, 0) is 12.5 Å². The molecule has 6 rings (SSSR count). The van der Waals surface area contributed by atoms with Crippen molar-refractivity contribution in [3.63, 3.8) is 0 Å². The lowest BCUT2D eigenvalue weighted by Gasteiger charge is -2.15.